The van der Waals surface area contributed by atoms with Gasteiger partial charge in [0, 0.05) is 24.0 Å². The summed E-state index contributed by atoms with van der Waals surface area (Å²) in [5.41, 5.74) is 2.34. The van der Waals surface area contributed by atoms with Crippen molar-refractivity contribution in [3.8, 4) is 28.7 Å². The molecule has 1 aliphatic heterocycles. The van der Waals surface area contributed by atoms with E-state index in [4.69, 9.17) is 18.9 Å². The first-order valence-corrected chi connectivity index (χ1v) is 9.41. The van der Waals surface area contributed by atoms with Gasteiger partial charge in [-0.25, -0.2) is 4.98 Å². The van der Waals surface area contributed by atoms with E-state index >= 15 is 0 Å². The molecule has 0 unspecified atom stereocenters. The quantitative estimate of drug-likeness (QED) is 0.672. The van der Waals surface area contributed by atoms with Gasteiger partial charge in [-0.05, 0) is 30.3 Å². The fourth-order valence-corrected chi connectivity index (χ4v) is 3.74. The molecular weight excluding hydrogens is 386 g/mol. The van der Waals surface area contributed by atoms with Gasteiger partial charge >= 0.3 is 0 Å². The zero-order valence-corrected chi connectivity index (χ0v) is 17.3. The Bertz CT molecular complexity index is 1090. The zero-order chi connectivity index (χ0) is 21.3. The van der Waals surface area contributed by atoms with Crippen molar-refractivity contribution in [3.63, 3.8) is 0 Å². The van der Waals surface area contributed by atoms with Crippen LogP contribution in [0, 0.1) is 0 Å². The molecule has 2 heterocycles. The lowest BCUT2D eigenvalue weighted by molar-refractivity contribution is -0.116. The molecule has 156 valence electrons. The average Bonchev–Trinajstić information content (AvgIpc) is 3.20. The van der Waals surface area contributed by atoms with E-state index in [1.165, 1.54) is 0 Å². The number of imidazole rings is 1. The number of hydrogen-bond acceptors (Lipinski definition) is 6. The lowest BCUT2D eigenvalue weighted by Gasteiger charge is -2.25. The summed E-state index contributed by atoms with van der Waals surface area (Å²) in [7, 11) is 6.40. The molecule has 0 bridgehead atoms. The van der Waals surface area contributed by atoms with Gasteiger partial charge in [-0.2, -0.15) is 0 Å². The van der Waals surface area contributed by atoms with Crippen molar-refractivity contribution in [3.05, 3.63) is 54.0 Å². The predicted molar refractivity (Wildman–Crippen MR) is 111 cm³/mol. The topological polar surface area (TPSA) is 83.8 Å². The number of nitrogens with zero attached hydrogens (tertiary/aromatic N) is 2. The van der Waals surface area contributed by atoms with Crippen molar-refractivity contribution in [2.24, 2.45) is 0 Å². The molecule has 1 atom stereocenters. The number of nitrogens with one attached hydrogen (secondary N) is 1. The van der Waals surface area contributed by atoms with Gasteiger partial charge in [0.15, 0.2) is 0 Å². The lowest BCUT2D eigenvalue weighted by Crippen LogP contribution is -2.25. The Morgan fingerprint density at radius 1 is 0.933 bits per heavy atom. The summed E-state index contributed by atoms with van der Waals surface area (Å²) < 4.78 is 23.5. The highest BCUT2D eigenvalue weighted by Crippen LogP contribution is 2.43. The number of rotatable bonds is 6. The number of aromatic nitrogens is 2. The summed E-state index contributed by atoms with van der Waals surface area (Å²) in [4.78, 5) is 17.3. The van der Waals surface area contributed by atoms with E-state index in [0.29, 0.717) is 28.8 Å². The third kappa shape index (κ3) is 3.30. The fraction of sp³-hybridized carbons (Fsp3) is 0.273. The summed E-state index contributed by atoms with van der Waals surface area (Å²) in [6, 6.07) is 11.0. The smallest absolute Gasteiger partial charge is 0.226 e. The van der Waals surface area contributed by atoms with Crippen molar-refractivity contribution in [2.75, 3.05) is 33.8 Å². The molecule has 0 saturated heterocycles. The Balaban J connectivity index is 1.85. The van der Waals surface area contributed by atoms with Gasteiger partial charge in [-0.3, -0.25) is 9.36 Å². The standard InChI is InChI=1S/C22H23N3O5/c1-27-13-6-8-18(29-3)15(9-13)16-11-20(26)24-22-21(16)23-12-25(22)17-7-5-14(28-2)10-19(17)30-4/h5-10,12,16H,11H2,1-4H3,(H,24,26)/t16-/m1/s1. The van der Waals surface area contributed by atoms with Gasteiger partial charge in [0.2, 0.25) is 5.91 Å². The van der Waals surface area contributed by atoms with E-state index in [9.17, 15) is 4.79 Å². The minimum Gasteiger partial charge on any atom is -0.497 e. The monoisotopic (exact) mass is 409 g/mol. The highest BCUT2D eigenvalue weighted by molar-refractivity contribution is 5.94. The number of hydrogen-bond donors (Lipinski definition) is 1. The van der Waals surface area contributed by atoms with Crippen LogP contribution < -0.4 is 24.3 Å². The molecule has 1 N–H and O–H groups in total. The van der Waals surface area contributed by atoms with Gasteiger partial charge < -0.3 is 24.3 Å². The second kappa shape index (κ2) is 7.98. The lowest BCUT2D eigenvalue weighted by atomic mass is 9.89. The molecular formula is C22H23N3O5. The highest BCUT2D eigenvalue weighted by atomic mass is 16.5. The Kier molecular flexibility index (Phi) is 5.22. The molecule has 3 aromatic rings. The van der Waals surface area contributed by atoms with Crippen molar-refractivity contribution in [1.29, 1.82) is 0 Å². The number of carbonyl (C=O) groups excluding carboxylic acids is 1. The van der Waals surface area contributed by atoms with Gasteiger partial charge in [-0.15, -0.1) is 0 Å². The van der Waals surface area contributed by atoms with Gasteiger partial charge in [0.05, 0.1) is 39.8 Å². The summed E-state index contributed by atoms with van der Waals surface area (Å²) >= 11 is 0. The molecule has 1 aromatic heterocycles. The molecule has 1 aliphatic rings. The van der Waals surface area contributed by atoms with E-state index in [2.05, 4.69) is 10.3 Å². The Morgan fingerprint density at radius 3 is 2.33 bits per heavy atom. The van der Waals surface area contributed by atoms with Crippen LogP contribution in [-0.2, 0) is 4.79 Å². The van der Waals surface area contributed by atoms with E-state index in [1.54, 1.807) is 40.8 Å². The van der Waals surface area contributed by atoms with Crippen LogP contribution in [0.2, 0.25) is 0 Å². The number of carbonyl (C=O) groups is 1. The Hall–Kier alpha value is -3.68. The van der Waals surface area contributed by atoms with Crippen LogP contribution in [0.1, 0.15) is 23.6 Å². The maximum Gasteiger partial charge on any atom is 0.226 e. The first-order valence-electron chi connectivity index (χ1n) is 9.41. The van der Waals surface area contributed by atoms with Crippen molar-refractivity contribution in [2.45, 2.75) is 12.3 Å². The third-order valence-electron chi connectivity index (χ3n) is 5.23. The van der Waals surface area contributed by atoms with Crippen LogP contribution in [0.4, 0.5) is 5.82 Å². The largest absolute Gasteiger partial charge is 0.497 e. The van der Waals surface area contributed by atoms with Crippen molar-refractivity contribution in [1.82, 2.24) is 9.55 Å². The van der Waals surface area contributed by atoms with Crippen LogP contribution in [-0.4, -0.2) is 43.9 Å². The second-order valence-electron chi connectivity index (χ2n) is 6.80. The number of anilines is 1. The summed E-state index contributed by atoms with van der Waals surface area (Å²) in [5.74, 6) is 2.87. The Labute approximate surface area is 174 Å². The molecule has 0 aliphatic carbocycles. The molecule has 0 saturated carbocycles. The Morgan fingerprint density at radius 2 is 1.63 bits per heavy atom. The van der Waals surface area contributed by atoms with Crippen LogP contribution in [0.5, 0.6) is 23.0 Å². The minimum atomic E-state index is -0.274. The van der Waals surface area contributed by atoms with Crippen molar-refractivity contribution < 1.29 is 23.7 Å². The van der Waals surface area contributed by atoms with Crippen molar-refractivity contribution >= 4 is 11.7 Å². The molecule has 0 spiro atoms. The van der Waals surface area contributed by atoms with E-state index < -0.39 is 0 Å². The molecule has 4 rings (SSSR count). The summed E-state index contributed by atoms with van der Waals surface area (Å²) in [6.07, 6.45) is 1.94. The third-order valence-corrected chi connectivity index (χ3v) is 5.23. The SMILES string of the molecule is COc1ccc(-n2cnc3c2NC(=O)C[C@@H]3c2cc(OC)ccc2OC)c(OC)c1. The average molecular weight is 409 g/mol. The zero-order valence-electron chi connectivity index (χ0n) is 17.3. The van der Waals surface area contributed by atoms with Gasteiger partial charge in [0.25, 0.3) is 0 Å². The number of methoxy groups -OCH3 is 4. The number of amides is 1. The number of benzene rings is 2. The van der Waals surface area contributed by atoms with Gasteiger partial charge in [-0.1, -0.05) is 0 Å². The predicted octanol–water partition coefficient (Wildman–Crippen LogP) is 3.38. The molecule has 2 aromatic carbocycles. The normalized spacial score (nSPS) is 15.2. The fourth-order valence-electron chi connectivity index (χ4n) is 3.74. The van der Waals surface area contributed by atoms with E-state index in [-0.39, 0.29) is 18.2 Å². The molecule has 1 amide bonds. The maximum absolute atomic E-state index is 12.6. The maximum atomic E-state index is 12.6. The molecule has 8 heteroatoms. The van der Waals surface area contributed by atoms with Gasteiger partial charge in [0.1, 0.15) is 35.1 Å². The number of ether oxygens (including phenoxy) is 4. The molecule has 8 nitrogen and oxygen atoms in total. The molecule has 0 radical (unpaired) electrons. The molecule has 0 fully saturated rings. The van der Waals surface area contributed by atoms with E-state index in [0.717, 1.165) is 16.9 Å². The first-order chi connectivity index (χ1) is 14.6. The minimum absolute atomic E-state index is 0.105. The highest BCUT2D eigenvalue weighted by Gasteiger charge is 2.33. The van der Waals surface area contributed by atoms with E-state index in [1.807, 2.05) is 34.9 Å². The van der Waals surface area contributed by atoms with Crippen LogP contribution in [0.15, 0.2) is 42.7 Å². The number of fused-ring (bicyclic) bond motifs is 1. The summed E-state index contributed by atoms with van der Waals surface area (Å²) in [5, 5.41) is 2.96. The van der Waals surface area contributed by atoms with Crippen LogP contribution >= 0.6 is 0 Å². The second-order valence-corrected chi connectivity index (χ2v) is 6.80. The molecule has 30 heavy (non-hydrogen) atoms. The summed E-state index contributed by atoms with van der Waals surface area (Å²) in [6.45, 7) is 0. The van der Waals surface area contributed by atoms with Crippen LogP contribution in [0.3, 0.4) is 0 Å². The first kappa shape index (κ1) is 19.6. The van der Waals surface area contributed by atoms with Crippen LogP contribution in [0.25, 0.3) is 5.69 Å².